The van der Waals surface area contributed by atoms with Crippen LogP contribution in [-0.4, -0.2) is 33.5 Å². The molecule has 1 aromatic rings. The third-order valence-corrected chi connectivity index (χ3v) is 3.39. The molecular weight excluding hydrogens is 234 g/mol. The number of nitrogens with one attached hydrogen (secondary N) is 1. The van der Waals surface area contributed by atoms with E-state index in [0.29, 0.717) is 25.9 Å². The van der Waals surface area contributed by atoms with Crippen LogP contribution in [0.25, 0.3) is 0 Å². The number of hydrogen-bond donors (Lipinski definition) is 1. The van der Waals surface area contributed by atoms with Crippen LogP contribution in [0.3, 0.4) is 0 Å². The lowest BCUT2D eigenvalue weighted by Crippen LogP contribution is -2.26. The van der Waals surface area contributed by atoms with Crippen molar-refractivity contribution < 1.29 is 9.47 Å². The smallest absolute Gasteiger partial charge is 0.0701 e. The fraction of sp³-hybridized carbons (Fsp3) is 0.692. The molecule has 1 aromatic heterocycles. The van der Waals surface area contributed by atoms with E-state index in [1.807, 2.05) is 0 Å². The van der Waals surface area contributed by atoms with Gasteiger partial charge in [-0.05, 0) is 36.9 Å². The van der Waals surface area contributed by atoms with Gasteiger partial charge in [-0.25, -0.2) is 0 Å². The summed E-state index contributed by atoms with van der Waals surface area (Å²) in [5, 5.41) is 5.73. The van der Waals surface area contributed by atoms with E-state index >= 15 is 0 Å². The summed E-state index contributed by atoms with van der Waals surface area (Å²) in [6, 6.07) is 2.54. The molecule has 0 fully saturated rings. The van der Waals surface area contributed by atoms with Gasteiger partial charge in [-0.1, -0.05) is 6.92 Å². The average Bonchev–Trinajstić information content (AvgIpc) is 2.75. The molecule has 17 heavy (non-hydrogen) atoms. The second-order valence-electron chi connectivity index (χ2n) is 4.07. The van der Waals surface area contributed by atoms with Crippen LogP contribution in [0.1, 0.15) is 29.8 Å². The minimum atomic E-state index is 0.303. The van der Waals surface area contributed by atoms with E-state index in [9.17, 15) is 0 Å². The normalized spacial score (nSPS) is 12.9. The van der Waals surface area contributed by atoms with Crippen LogP contribution < -0.4 is 5.32 Å². The van der Waals surface area contributed by atoms with Crippen molar-refractivity contribution in [3.63, 3.8) is 0 Å². The molecule has 1 rings (SSSR count). The first-order chi connectivity index (χ1) is 8.27. The van der Waals surface area contributed by atoms with Gasteiger partial charge >= 0.3 is 0 Å². The molecule has 4 heteroatoms. The zero-order valence-electron chi connectivity index (χ0n) is 11.0. The van der Waals surface area contributed by atoms with E-state index in [4.69, 9.17) is 9.47 Å². The van der Waals surface area contributed by atoms with Crippen LogP contribution in [0.5, 0.6) is 0 Å². The standard InChI is InChI=1S/C13H23NO2S/c1-4-5-14-13(9-16-7-6-15-3)12-8-11(2)17-10-12/h8,10,13-14H,4-7,9H2,1-3H3. The Morgan fingerprint density at radius 1 is 1.41 bits per heavy atom. The maximum Gasteiger partial charge on any atom is 0.0701 e. The summed E-state index contributed by atoms with van der Waals surface area (Å²) in [4.78, 5) is 1.35. The second-order valence-corrected chi connectivity index (χ2v) is 5.18. The van der Waals surface area contributed by atoms with Gasteiger partial charge in [0.2, 0.25) is 0 Å². The molecule has 0 radical (unpaired) electrons. The minimum Gasteiger partial charge on any atom is -0.382 e. The van der Waals surface area contributed by atoms with Crippen molar-refractivity contribution in [2.45, 2.75) is 26.3 Å². The van der Waals surface area contributed by atoms with Crippen LogP contribution in [0.15, 0.2) is 11.4 Å². The maximum atomic E-state index is 5.61. The third-order valence-electron chi connectivity index (χ3n) is 2.51. The molecule has 0 saturated carbocycles. The number of aryl methyl sites for hydroxylation is 1. The van der Waals surface area contributed by atoms with E-state index in [2.05, 4.69) is 30.6 Å². The lowest BCUT2D eigenvalue weighted by Gasteiger charge is -2.17. The van der Waals surface area contributed by atoms with Crippen molar-refractivity contribution in [2.24, 2.45) is 0 Å². The van der Waals surface area contributed by atoms with Gasteiger partial charge in [-0.15, -0.1) is 11.3 Å². The number of hydrogen-bond acceptors (Lipinski definition) is 4. The van der Waals surface area contributed by atoms with Crippen molar-refractivity contribution in [2.75, 3.05) is 33.5 Å². The van der Waals surface area contributed by atoms with E-state index in [1.54, 1.807) is 18.4 Å². The quantitative estimate of drug-likeness (QED) is 0.690. The maximum absolute atomic E-state index is 5.61. The largest absolute Gasteiger partial charge is 0.382 e. The van der Waals surface area contributed by atoms with E-state index in [-0.39, 0.29) is 0 Å². The SMILES string of the molecule is CCCNC(COCCOC)c1csc(C)c1. The molecule has 3 nitrogen and oxygen atoms in total. The number of rotatable bonds is 9. The van der Waals surface area contributed by atoms with Crippen LogP contribution in [0, 0.1) is 6.92 Å². The Morgan fingerprint density at radius 2 is 2.24 bits per heavy atom. The molecule has 0 bridgehead atoms. The fourth-order valence-corrected chi connectivity index (χ4v) is 2.34. The predicted octanol–water partition coefficient (Wildman–Crippen LogP) is 2.76. The molecule has 1 atom stereocenters. The van der Waals surface area contributed by atoms with Crippen molar-refractivity contribution in [3.8, 4) is 0 Å². The Hall–Kier alpha value is -0.420. The van der Waals surface area contributed by atoms with Crippen LogP contribution >= 0.6 is 11.3 Å². The molecule has 1 unspecified atom stereocenters. The Bertz CT molecular complexity index is 301. The van der Waals surface area contributed by atoms with Gasteiger partial charge in [-0.3, -0.25) is 0 Å². The zero-order valence-corrected chi connectivity index (χ0v) is 11.8. The van der Waals surface area contributed by atoms with Gasteiger partial charge in [0.25, 0.3) is 0 Å². The molecule has 1 N–H and O–H groups in total. The summed E-state index contributed by atoms with van der Waals surface area (Å²) in [6.45, 7) is 7.35. The topological polar surface area (TPSA) is 30.5 Å². The molecule has 0 aliphatic carbocycles. The average molecular weight is 257 g/mol. The van der Waals surface area contributed by atoms with E-state index in [0.717, 1.165) is 13.0 Å². The molecule has 0 aliphatic heterocycles. The van der Waals surface area contributed by atoms with Gasteiger partial charge in [-0.2, -0.15) is 0 Å². The first kappa shape index (κ1) is 14.6. The number of methoxy groups -OCH3 is 1. The summed E-state index contributed by atoms with van der Waals surface area (Å²) < 4.78 is 10.6. The van der Waals surface area contributed by atoms with Crippen LogP contribution in [0.2, 0.25) is 0 Å². The molecule has 98 valence electrons. The van der Waals surface area contributed by atoms with Crippen LogP contribution in [-0.2, 0) is 9.47 Å². The first-order valence-corrected chi connectivity index (χ1v) is 7.01. The molecular formula is C13H23NO2S. The Kier molecular flexibility index (Phi) is 7.44. The summed E-state index contributed by atoms with van der Waals surface area (Å²) >= 11 is 1.79. The van der Waals surface area contributed by atoms with E-state index in [1.165, 1.54) is 10.4 Å². The van der Waals surface area contributed by atoms with Crippen molar-refractivity contribution in [3.05, 3.63) is 21.9 Å². The van der Waals surface area contributed by atoms with Crippen LogP contribution in [0.4, 0.5) is 0 Å². The Labute approximate surface area is 108 Å². The highest BCUT2D eigenvalue weighted by molar-refractivity contribution is 7.10. The van der Waals surface area contributed by atoms with Gasteiger partial charge in [0.05, 0.1) is 25.9 Å². The predicted molar refractivity (Wildman–Crippen MR) is 72.8 cm³/mol. The molecule has 0 aromatic carbocycles. The van der Waals surface area contributed by atoms with Gasteiger partial charge < -0.3 is 14.8 Å². The minimum absolute atomic E-state index is 0.303. The fourth-order valence-electron chi connectivity index (χ4n) is 1.58. The van der Waals surface area contributed by atoms with Crippen molar-refractivity contribution in [1.29, 1.82) is 0 Å². The van der Waals surface area contributed by atoms with Gasteiger partial charge in [0, 0.05) is 12.0 Å². The first-order valence-electron chi connectivity index (χ1n) is 6.13. The highest BCUT2D eigenvalue weighted by atomic mass is 32.1. The summed E-state index contributed by atoms with van der Waals surface area (Å²) in [6.07, 6.45) is 1.14. The highest BCUT2D eigenvalue weighted by Crippen LogP contribution is 2.20. The Morgan fingerprint density at radius 3 is 2.82 bits per heavy atom. The lowest BCUT2D eigenvalue weighted by molar-refractivity contribution is 0.0586. The summed E-state index contributed by atoms with van der Waals surface area (Å²) in [5.41, 5.74) is 1.33. The van der Waals surface area contributed by atoms with E-state index < -0.39 is 0 Å². The monoisotopic (exact) mass is 257 g/mol. The van der Waals surface area contributed by atoms with Gasteiger partial charge in [0.15, 0.2) is 0 Å². The molecule has 0 spiro atoms. The third kappa shape index (κ3) is 5.64. The molecule has 0 aliphatic rings. The number of ether oxygens (including phenoxy) is 2. The summed E-state index contributed by atoms with van der Waals surface area (Å²) in [5.74, 6) is 0. The zero-order chi connectivity index (χ0) is 12.5. The second kappa shape index (κ2) is 8.64. The Balaban J connectivity index is 2.42. The highest BCUT2D eigenvalue weighted by Gasteiger charge is 2.12. The van der Waals surface area contributed by atoms with Crippen molar-refractivity contribution in [1.82, 2.24) is 5.32 Å². The molecule has 1 heterocycles. The molecule has 0 amide bonds. The summed E-state index contributed by atoms with van der Waals surface area (Å²) in [7, 11) is 1.69. The lowest BCUT2D eigenvalue weighted by atomic mass is 10.1. The van der Waals surface area contributed by atoms with Gasteiger partial charge in [0.1, 0.15) is 0 Å². The molecule has 0 saturated heterocycles. The van der Waals surface area contributed by atoms with Crippen molar-refractivity contribution >= 4 is 11.3 Å². The number of thiophene rings is 1.